The summed E-state index contributed by atoms with van der Waals surface area (Å²) in [5.41, 5.74) is 5.90. The molecule has 4 bridgehead atoms. The van der Waals surface area contributed by atoms with Gasteiger partial charge in [0.05, 0.1) is 22.3 Å². The Labute approximate surface area is 224 Å². The molecule has 3 aromatic carbocycles. The average molecular weight is 529 g/mol. The number of hydrogen-bond donors (Lipinski definition) is 3. The van der Waals surface area contributed by atoms with E-state index in [2.05, 4.69) is 15.6 Å². The van der Waals surface area contributed by atoms with Crippen molar-refractivity contribution in [1.29, 1.82) is 0 Å². The summed E-state index contributed by atoms with van der Waals surface area (Å²) in [6.45, 7) is 1.15. The van der Waals surface area contributed by atoms with Gasteiger partial charge in [-0.1, -0.05) is 18.2 Å². The van der Waals surface area contributed by atoms with Crippen LogP contribution in [0.1, 0.15) is 39.1 Å². The van der Waals surface area contributed by atoms with Crippen molar-refractivity contribution in [1.82, 2.24) is 20.5 Å². The molecule has 1 aliphatic rings. The summed E-state index contributed by atoms with van der Waals surface area (Å²) in [6.07, 6.45) is 1.82. The maximum atomic E-state index is 13.4. The van der Waals surface area contributed by atoms with Gasteiger partial charge in [0.15, 0.2) is 0 Å². The van der Waals surface area contributed by atoms with E-state index >= 15 is 0 Å². The van der Waals surface area contributed by atoms with Gasteiger partial charge in [-0.15, -0.1) is 11.3 Å². The lowest BCUT2D eigenvalue weighted by atomic mass is 9.98. The van der Waals surface area contributed by atoms with Gasteiger partial charge in [0, 0.05) is 36.3 Å². The third kappa shape index (κ3) is 5.84. The molecule has 1 aromatic heterocycles. The molecule has 194 valence electrons. The summed E-state index contributed by atoms with van der Waals surface area (Å²) in [5.74, 6) is -0.531. The minimum Gasteiger partial charge on any atom is -0.507 e. The molecule has 0 fully saturated rings. The zero-order valence-corrected chi connectivity index (χ0v) is 21.6. The smallest absolute Gasteiger partial charge is 0.254 e. The van der Waals surface area contributed by atoms with Gasteiger partial charge in [0.2, 0.25) is 5.91 Å². The van der Waals surface area contributed by atoms with E-state index in [1.165, 1.54) is 11.3 Å². The van der Waals surface area contributed by atoms with Gasteiger partial charge >= 0.3 is 0 Å². The van der Waals surface area contributed by atoms with Crippen molar-refractivity contribution < 1.29 is 19.5 Å². The van der Waals surface area contributed by atoms with Crippen molar-refractivity contribution in [3.63, 3.8) is 0 Å². The highest BCUT2D eigenvalue weighted by atomic mass is 32.1. The van der Waals surface area contributed by atoms with Gasteiger partial charge in [0.1, 0.15) is 5.75 Å². The van der Waals surface area contributed by atoms with Crippen molar-refractivity contribution >= 4 is 39.3 Å². The third-order valence-corrected chi connectivity index (χ3v) is 7.36. The molecule has 5 rings (SSSR count). The topological polar surface area (TPSA) is 112 Å². The van der Waals surface area contributed by atoms with Gasteiger partial charge in [-0.3, -0.25) is 14.4 Å². The van der Waals surface area contributed by atoms with E-state index in [4.69, 9.17) is 0 Å². The van der Waals surface area contributed by atoms with Crippen molar-refractivity contribution in [2.75, 3.05) is 26.2 Å². The minimum absolute atomic E-state index is 0.0582. The maximum Gasteiger partial charge on any atom is 0.254 e. The van der Waals surface area contributed by atoms with E-state index in [1.807, 2.05) is 30.3 Å². The zero-order chi connectivity index (χ0) is 26.5. The quantitative estimate of drug-likeness (QED) is 0.346. The first-order valence-corrected chi connectivity index (χ1v) is 13.5. The van der Waals surface area contributed by atoms with Gasteiger partial charge in [-0.2, -0.15) is 0 Å². The molecule has 0 saturated carbocycles. The number of hydrogen-bond acceptors (Lipinski definition) is 6. The fourth-order valence-electron chi connectivity index (χ4n) is 4.53. The van der Waals surface area contributed by atoms with E-state index in [0.29, 0.717) is 55.6 Å². The Hall–Kier alpha value is -4.24. The number of phenolic OH excluding ortho intramolecular Hbond substituents is 1. The van der Waals surface area contributed by atoms with Gasteiger partial charge in [0.25, 0.3) is 11.8 Å². The van der Waals surface area contributed by atoms with Crippen LogP contribution in [0.3, 0.4) is 0 Å². The molecular formula is C29H28N4O4S. The number of carbonyl (C=O) groups is 3. The predicted molar refractivity (Wildman–Crippen MR) is 147 cm³/mol. The summed E-state index contributed by atoms with van der Waals surface area (Å²) < 4.78 is 0.918. The lowest BCUT2D eigenvalue weighted by Gasteiger charge is -2.22. The largest absolute Gasteiger partial charge is 0.507 e. The van der Waals surface area contributed by atoms with E-state index < -0.39 is 0 Å². The second-order valence-corrected chi connectivity index (χ2v) is 10.1. The first kappa shape index (κ1) is 25.4. The molecular weight excluding hydrogens is 500 g/mol. The monoisotopic (exact) mass is 528 g/mol. The van der Waals surface area contributed by atoms with Crippen molar-refractivity contribution in [2.24, 2.45) is 0 Å². The number of nitrogens with one attached hydrogen (secondary N) is 2. The number of aromatic nitrogens is 1. The summed E-state index contributed by atoms with van der Waals surface area (Å²) >= 11 is 1.47. The molecule has 1 aliphatic heterocycles. The van der Waals surface area contributed by atoms with Crippen LogP contribution in [-0.4, -0.2) is 58.9 Å². The molecule has 0 aliphatic carbocycles. The highest BCUT2D eigenvalue weighted by Gasteiger charge is 2.20. The highest BCUT2D eigenvalue weighted by molar-refractivity contribution is 7.16. The van der Waals surface area contributed by atoms with Crippen molar-refractivity contribution in [3.8, 4) is 16.9 Å². The zero-order valence-electron chi connectivity index (χ0n) is 20.8. The number of amides is 3. The number of fused-ring (bicyclic) bond motifs is 6. The normalized spacial score (nSPS) is 15.3. The second-order valence-electron chi connectivity index (χ2n) is 9.26. The van der Waals surface area contributed by atoms with Crippen LogP contribution in [0, 0.1) is 0 Å². The maximum absolute atomic E-state index is 13.4. The summed E-state index contributed by atoms with van der Waals surface area (Å²) in [6, 6.07) is 17.8. The number of carbonyl (C=O) groups excluding carboxylic acids is 3. The van der Waals surface area contributed by atoms with Gasteiger partial charge < -0.3 is 20.6 Å². The van der Waals surface area contributed by atoms with E-state index in [1.54, 1.807) is 40.7 Å². The Morgan fingerprint density at radius 1 is 0.947 bits per heavy atom. The van der Waals surface area contributed by atoms with Crippen LogP contribution in [-0.2, 0) is 11.2 Å². The molecule has 0 atom stereocenters. The molecule has 38 heavy (non-hydrogen) atoms. The first-order chi connectivity index (χ1) is 18.5. The van der Waals surface area contributed by atoms with Crippen LogP contribution < -0.4 is 10.6 Å². The van der Waals surface area contributed by atoms with Crippen LogP contribution in [0.25, 0.3) is 21.3 Å². The predicted octanol–water partition coefficient (Wildman–Crippen LogP) is 3.99. The van der Waals surface area contributed by atoms with Crippen molar-refractivity contribution in [3.05, 3.63) is 82.9 Å². The highest BCUT2D eigenvalue weighted by Crippen LogP contribution is 2.31. The summed E-state index contributed by atoms with van der Waals surface area (Å²) in [7, 11) is 0. The van der Waals surface area contributed by atoms with Crippen LogP contribution in [0.5, 0.6) is 5.75 Å². The second kappa shape index (κ2) is 11.4. The molecule has 0 spiro atoms. The molecule has 3 N–H and O–H groups in total. The Kier molecular flexibility index (Phi) is 7.65. The average Bonchev–Trinajstić information content (AvgIpc) is 3.40. The number of phenols is 1. The van der Waals surface area contributed by atoms with Crippen LogP contribution in [0.2, 0.25) is 0 Å². The molecule has 8 nitrogen and oxygen atoms in total. The number of rotatable bonds is 1. The molecule has 2 heterocycles. The standard InChI is InChI=1S/C29H28N4O4S/c34-25-9-6-19-10-12-30-27(35)17-33(29(37)22-7-8-24-26(16-22)38-18-32-24)13-2-1-11-31-28(36)21-5-3-4-20(15-21)23(25)14-19/h3-9,14-16,18,34H,1-2,10-13,17H2,(H,30,35)(H,31,36). The lowest BCUT2D eigenvalue weighted by Crippen LogP contribution is -2.42. The van der Waals surface area contributed by atoms with E-state index in [9.17, 15) is 19.5 Å². The Morgan fingerprint density at radius 3 is 2.71 bits per heavy atom. The van der Waals surface area contributed by atoms with E-state index in [-0.39, 0.29) is 30.0 Å². The number of nitrogens with zero attached hydrogens (tertiary/aromatic N) is 2. The van der Waals surface area contributed by atoms with Gasteiger partial charge in [-0.25, -0.2) is 4.98 Å². The van der Waals surface area contributed by atoms with Crippen LogP contribution >= 0.6 is 11.3 Å². The number of thiazole rings is 1. The molecule has 3 amide bonds. The Morgan fingerprint density at radius 2 is 1.82 bits per heavy atom. The molecule has 0 unspecified atom stereocenters. The third-order valence-electron chi connectivity index (χ3n) is 6.57. The first-order valence-electron chi connectivity index (χ1n) is 12.6. The summed E-state index contributed by atoms with van der Waals surface area (Å²) in [4.78, 5) is 44.8. The molecule has 0 saturated heterocycles. The Bertz CT molecular complexity index is 1500. The summed E-state index contributed by atoms with van der Waals surface area (Å²) in [5, 5.41) is 16.3. The fourth-order valence-corrected chi connectivity index (χ4v) is 5.24. The molecule has 0 radical (unpaired) electrons. The minimum atomic E-state index is -0.238. The van der Waals surface area contributed by atoms with Gasteiger partial charge in [-0.05, 0) is 72.9 Å². The SMILES string of the molecule is O=C1CN(C(=O)c2ccc3ncsc3c2)CCCCNC(=O)c2cccc(c2)-c2cc(ccc2O)CCN1. The molecule has 4 aromatic rings. The van der Waals surface area contributed by atoms with E-state index in [0.717, 1.165) is 21.3 Å². The van der Waals surface area contributed by atoms with Crippen LogP contribution in [0.15, 0.2) is 66.2 Å². The lowest BCUT2D eigenvalue weighted by molar-refractivity contribution is -0.121. The fraction of sp³-hybridized carbons (Fsp3) is 0.241. The van der Waals surface area contributed by atoms with Crippen LogP contribution in [0.4, 0.5) is 0 Å². The number of benzene rings is 3. The van der Waals surface area contributed by atoms with Crippen molar-refractivity contribution in [2.45, 2.75) is 19.3 Å². The Balaban J connectivity index is 1.36. The number of aromatic hydroxyl groups is 1. The molecule has 9 heteroatoms.